The maximum absolute atomic E-state index is 12.0. The fraction of sp³-hybridized carbons (Fsp3) is 0.500. The fourth-order valence-corrected chi connectivity index (χ4v) is 2.00. The molecule has 0 fully saturated rings. The lowest BCUT2D eigenvalue weighted by atomic mass is 10.1. The number of carbonyl (C=O) groups is 1. The highest BCUT2D eigenvalue weighted by Crippen LogP contribution is 2.30. The highest BCUT2D eigenvalue weighted by Gasteiger charge is 2.15. The third-order valence-electron chi connectivity index (χ3n) is 2.90. The second kappa shape index (κ2) is 5.76. The molecule has 1 N–H and O–H groups in total. The minimum atomic E-state index is -0.0621. The number of fused-ring (bicyclic) bond motifs is 1. The summed E-state index contributed by atoms with van der Waals surface area (Å²) in [5.41, 5.74) is 0.613. The molecule has 1 aliphatic heterocycles. The molecule has 0 aliphatic carbocycles. The van der Waals surface area contributed by atoms with E-state index in [-0.39, 0.29) is 11.9 Å². The first-order chi connectivity index (χ1) is 8.70. The number of nitrogens with one attached hydrogen (secondary N) is 1. The summed E-state index contributed by atoms with van der Waals surface area (Å²) in [7, 11) is 0. The zero-order valence-electron chi connectivity index (χ0n) is 10.9. The Labute approximate surface area is 107 Å². The van der Waals surface area contributed by atoms with Crippen LogP contribution in [0.1, 0.15) is 37.0 Å². The number of hydrogen-bond acceptors (Lipinski definition) is 3. The summed E-state index contributed by atoms with van der Waals surface area (Å²) >= 11 is 0. The zero-order valence-corrected chi connectivity index (χ0v) is 10.9. The van der Waals surface area contributed by atoms with E-state index < -0.39 is 0 Å². The first-order valence-electron chi connectivity index (χ1n) is 6.41. The van der Waals surface area contributed by atoms with E-state index in [9.17, 15) is 4.79 Å². The van der Waals surface area contributed by atoms with E-state index in [2.05, 4.69) is 12.2 Å². The predicted octanol–water partition coefficient (Wildman–Crippen LogP) is 2.38. The molecule has 0 saturated heterocycles. The number of ether oxygens (including phenoxy) is 2. The van der Waals surface area contributed by atoms with Crippen LogP contribution in [0.4, 0.5) is 0 Å². The van der Waals surface area contributed by atoms with E-state index in [1.54, 1.807) is 18.2 Å². The van der Waals surface area contributed by atoms with Gasteiger partial charge in [0.2, 0.25) is 0 Å². The van der Waals surface area contributed by atoms with Crippen LogP contribution in [0.5, 0.6) is 11.5 Å². The predicted molar refractivity (Wildman–Crippen MR) is 69.3 cm³/mol. The molecule has 0 spiro atoms. The van der Waals surface area contributed by atoms with Crippen molar-refractivity contribution in [2.45, 2.75) is 32.7 Å². The zero-order chi connectivity index (χ0) is 13.0. The van der Waals surface area contributed by atoms with Crippen LogP contribution >= 0.6 is 0 Å². The Balaban J connectivity index is 2.06. The normalized spacial score (nSPS) is 15.0. The molecule has 2 rings (SSSR count). The van der Waals surface area contributed by atoms with Gasteiger partial charge in [-0.3, -0.25) is 4.79 Å². The van der Waals surface area contributed by atoms with Crippen LogP contribution in [-0.2, 0) is 0 Å². The number of hydrogen-bond donors (Lipinski definition) is 1. The van der Waals surface area contributed by atoms with E-state index in [0.29, 0.717) is 30.3 Å². The van der Waals surface area contributed by atoms with Gasteiger partial charge in [-0.2, -0.15) is 0 Å². The van der Waals surface area contributed by atoms with E-state index in [0.717, 1.165) is 12.8 Å². The second-order valence-corrected chi connectivity index (χ2v) is 4.52. The van der Waals surface area contributed by atoms with Crippen LogP contribution in [0.15, 0.2) is 18.2 Å². The fourth-order valence-electron chi connectivity index (χ4n) is 2.00. The van der Waals surface area contributed by atoms with Gasteiger partial charge in [-0.1, -0.05) is 13.3 Å². The molecule has 1 atom stereocenters. The monoisotopic (exact) mass is 249 g/mol. The summed E-state index contributed by atoms with van der Waals surface area (Å²) in [4.78, 5) is 12.0. The van der Waals surface area contributed by atoms with Crippen molar-refractivity contribution >= 4 is 5.91 Å². The Hall–Kier alpha value is -1.71. The number of carbonyl (C=O) groups excluding carboxylic acids is 1. The Morgan fingerprint density at radius 3 is 2.78 bits per heavy atom. The van der Waals surface area contributed by atoms with Crippen molar-refractivity contribution in [1.29, 1.82) is 0 Å². The molecule has 1 heterocycles. The molecule has 4 heteroatoms. The van der Waals surface area contributed by atoms with Crippen molar-refractivity contribution in [3.63, 3.8) is 0 Å². The molecule has 4 nitrogen and oxygen atoms in total. The average Bonchev–Trinajstić information content (AvgIpc) is 2.38. The lowest BCUT2D eigenvalue weighted by Crippen LogP contribution is -2.32. The molecule has 0 aromatic heterocycles. The van der Waals surface area contributed by atoms with Crippen LogP contribution in [0.2, 0.25) is 0 Å². The molecular weight excluding hydrogens is 230 g/mol. The third kappa shape index (κ3) is 2.94. The first kappa shape index (κ1) is 12.7. The molecule has 1 aromatic carbocycles. The van der Waals surface area contributed by atoms with Gasteiger partial charge in [-0.05, 0) is 31.5 Å². The van der Waals surface area contributed by atoms with Gasteiger partial charge in [-0.25, -0.2) is 0 Å². The summed E-state index contributed by atoms with van der Waals surface area (Å²) in [6.07, 6.45) is 2.04. The van der Waals surface area contributed by atoms with Gasteiger partial charge in [-0.15, -0.1) is 0 Å². The molecule has 1 aliphatic rings. The smallest absolute Gasteiger partial charge is 0.251 e. The number of rotatable bonds is 4. The topological polar surface area (TPSA) is 47.6 Å². The largest absolute Gasteiger partial charge is 0.486 e. The van der Waals surface area contributed by atoms with Gasteiger partial charge in [0.15, 0.2) is 11.5 Å². The minimum absolute atomic E-state index is 0.0621. The highest BCUT2D eigenvalue weighted by molar-refractivity contribution is 5.95. The summed E-state index contributed by atoms with van der Waals surface area (Å²) < 4.78 is 10.9. The molecule has 0 bridgehead atoms. The van der Waals surface area contributed by atoms with Crippen LogP contribution < -0.4 is 14.8 Å². The summed E-state index contributed by atoms with van der Waals surface area (Å²) in [5, 5.41) is 2.97. The van der Waals surface area contributed by atoms with Gasteiger partial charge >= 0.3 is 0 Å². The van der Waals surface area contributed by atoms with E-state index in [1.165, 1.54) is 0 Å². The second-order valence-electron chi connectivity index (χ2n) is 4.52. The maximum atomic E-state index is 12.0. The first-order valence-corrected chi connectivity index (χ1v) is 6.41. The highest BCUT2D eigenvalue weighted by atomic mass is 16.6. The van der Waals surface area contributed by atoms with Crippen LogP contribution in [0.25, 0.3) is 0 Å². The van der Waals surface area contributed by atoms with Crippen LogP contribution in [0.3, 0.4) is 0 Å². The van der Waals surface area contributed by atoms with Gasteiger partial charge in [0.25, 0.3) is 5.91 Å². The van der Waals surface area contributed by atoms with Crippen molar-refractivity contribution in [1.82, 2.24) is 5.32 Å². The third-order valence-corrected chi connectivity index (χ3v) is 2.90. The molecule has 1 amide bonds. The van der Waals surface area contributed by atoms with Crippen molar-refractivity contribution in [3.8, 4) is 11.5 Å². The van der Waals surface area contributed by atoms with E-state index >= 15 is 0 Å². The van der Waals surface area contributed by atoms with Gasteiger partial charge in [0.05, 0.1) is 0 Å². The molecule has 18 heavy (non-hydrogen) atoms. The Kier molecular flexibility index (Phi) is 4.07. The van der Waals surface area contributed by atoms with Gasteiger partial charge < -0.3 is 14.8 Å². The van der Waals surface area contributed by atoms with Gasteiger partial charge in [0, 0.05) is 11.6 Å². The summed E-state index contributed by atoms with van der Waals surface area (Å²) in [6.45, 7) is 5.21. The number of benzene rings is 1. The molecule has 98 valence electrons. The van der Waals surface area contributed by atoms with Crippen molar-refractivity contribution in [2.24, 2.45) is 0 Å². The average molecular weight is 249 g/mol. The van der Waals surface area contributed by atoms with E-state index in [4.69, 9.17) is 9.47 Å². The minimum Gasteiger partial charge on any atom is -0.486 e. The Morgan fingerprint density at radius 2 is 2.06 bits per heavy atom. The molecule has 0 radical (unpaired) electrons. The number of amides is 1. The molecule has 1 aromatic rings. The van der Waals surface area contributed by atoms with Crippen molar-refractivity contribution in [2.75, 3.05) is 13.2 Å². The van der Waals surface area contributed by atoms with Crippen molar-refractivity contribution < 1.29 is 14.3 Å². The summed E-state index contributed by atoms with van der Waals surface area (Å²) in [6, 6.07) is 5.48. The van der Waals surface area contributed by atoms with Crippen LogP contribution in [-0.4, -0.2) is 25.2 Å². The lowest BCUT2D eigenvalue weighted by Gasteiger charge is -2.19. The van der Waals surface area contributed by atoms with Gasteiger partial charge in [0.1, 0.15) is 13.2 Å². The quantitative estimate of drug-likeness (QED) is 0.891. The lowest BCUT2D eigenvalue weighted by molar-refractivity contribution is 0.0937. The molecular formula is C14H19NO3. The Morgan fingerprint density at radius 1 is 1.33 bits per heavy atom. The van der Waals surface area contributed by atoms with Crippen molar-refractivity contribution in [3.05, 3.63) is 23.8 Å². The van der Waals surface area contributed by atoms with Crippen LogP contribution in [0, 0.1) is 0 Å². The van der Waals surface area contributed by atoms with E-state index in [1.807, 2.05) is 6.92 Å². The molecule has 0 saturated carbocycles. The standard InChI is InChI=1S/C14H19NO3/c1-3-4-10(2)15-14(16)11-5-6-12-13(9-11)18-8-7-17-12/h5-6,9-10H,3-4,7-8H2,1-2H3,(H,15,16)/t10-/m1/s1. The summed E-state index contributed by atoms with van der Waals surface area (Å²) in [5.74, 6) is 1.30. The Bertz CT molecular complexity index is 431. The SMILES string of the molecule is CCC[C@@H](C)NC(=O)c1ccc2c(c1)OCCO2. The maximum Gasteiger partial charge on any atom is 0.251 e. The molecule has 0 unspecified atom stereocenters.